The molecule has 0 unspecified atom stereocenters. The standard InChI is InChI=1S/C10H12NO2/c1-9(12)13-8-7-11-10-5-3-2-4-6-10/h2-6,11H,1,7-8H2. The fourth-order valence-corrected chi connectivity index (χ4v) is 0.916. The summed E-state index contributed by atoms with van der Waals surface area (Å²) >= 11 is 0. The lowest BCUT2D eigenvalue weighted by atomic mass is 10.3. The van der Waals surface area contributed by atoms with Crippen molar-refractivity contribution in [2.45, 2.75) is 0 Å². The van der Waals surface area contributed by atoms with E-state index in [9.17, 15) is 4.79 Å². The van der Waals surface area contributed by atoms with Crippen LogP contribution >= 0.6 is 0 Å². The molecule has 1 rings (SSSR count). The molecular formula is C10H12NO2. The Morgan fingerprint density at radius 3 is 2.69 bits per heavy atom. The zero-order valence-electron chi connectivity index (χ0n) is 7.32. The van der Waals surface area contributed by atoms with Crippen molar-refractivity contribution < 1.29 is 9.53 Å². The lowest BCUT2D eigenvalue weighted by Gasteiger charge is -2.05. The Balaban J connectivity index is 2.17. The van der Waals surface area contributed by atoms with Crippen LogP contribution in [-0.2, 0) is 9.53 Å². The molecule has 13 heavy (non-hydrogen) atoms. The Hall–Kier alpha value is -1.51. The van der Waals surface area contributed by atoms with Crippen molar-refractivity contribution in [3.05, 3.63) is 37.3 Å². The molecule has 0 aliphatic rings. The van der Waals surface area contributed by atoms with Crippen LogP contribution in [0.2, 0.25) is 0 Å². The predicted molar refractivity (Wildman–Crippen MR) is 51.2 cm³/mol. The first-order valence-electron chi connectivity index (χ1n) is 4.06. The van der Waals surface area contributed by atoms with Gasteiger partial charge in [0.05, 0.1) is 6.92 Å². The van der Waals surface area contributed by atoms with Gasteiger partial charge in [0, 0.05) is 12.2 Å². The van der Waals surface area contributed by atoms with E-state index in [1.54, 1.807) is 0 Å². The SMILES string of the molecule is [CH2]C(=O)OCCNc1ccccc1. The van der Waals surface area contributed by atoms with E-state index in [0.29, 0.717) is 13.2 Å². The summed E-state index contributed by atoms with van der Waals surface area (Å²) in [5, 5.41) is 3.10. The van der Waals surface area contributed by atoms with E-state index in [2.05, 4.69) is 17.0 Å². The molecule has 1 radical (unpaired) electrons. The minimum absolute atomic E-state index is 0.344. The van der Waals surface area contributed by atoms with E-state index >= 15 is 0 Å². The van der Waals surface area contributed by atoms with E-state index in [4.69, 9.17) is 0 Å². The van der Waals surface area contributed by atoms with E-state index in [1.807, 2.05) is 30.3 Å². The number of esters is 1. The fraction of sp³-hybridized carbons (Fsp3) is 0.200. The predicted octanol–water partition coefficient (Wildman–Crippen LogP) is 1.48. The second-order valence-electron chi connectivity index (χ2n) is 2.51. The molecular weight excluding hydrogens is 166 g/mol. The third kappa shape index (κ3) is 4.15. The number of carbonyl (C=O) groups excluding carboxylic acids is 1. The first-order valence-corrected chi connectivity index (χ1v) is 4.06. The topological polar surface area (TPSA) is 38.3 Å². The average Bonchev–Trinajstić information content (AvgIpc) is 2.14. The van der Waals surface area contributed by atoms with Gasteiger partial charge in [-0.3, -0.25) is 4.79 Å². The number of benzene rings is 1. The third-order valence-corrected chi connectivity index (χ3v) is 1.47. The van der Waals surface area contributed by atoms with Gasteiger partial charge in [0.1, 0.15) is 6.61 Å². The molecule has 0 saturated heterocycles. The Morgan fingerprint density at radius 1 is 1.38 bits per heavy atom. The molecule has 0 atom stereocenters. The van der Waals surface area contributed by atoms with Gasteiger partial charge in [-0.15, -0.1) is 0 Å². The highest BCUT2D eigenvalue weighted by Crippen LogP contribution is 2.03. The minimum atomic E-state index is -0.491. The second-order valence-corrected chi connectivity index (χ2v) is 2.51. The van der Waals surface area contributed by atoms with Crippen LogP contribution in [0, 0.1) is 6.92 Å². The van der Waals surface area contributed by atoms with Crippen molar-refractivity contribution in [1.82, 2.24) is 0 Å². The maximum absolute atomic E-state index is 10.3. The van der Waals surface area contributed by atoms with Gasteiger partial charge in [-0.1, -0.05) is 18.2 Å². The molecule has 0 saturated carbocycles. The van der Waals surface area contributed by atoms with Crippen molar-refractivity contribution in [2.24, 2.45) is 0 Å². The Morgan fingerprint density at radius 2 is 2.08 bits per heavy atom. The largest absolute Gasteiger partial charge is 0.464 e. The van der Waals surface area contributed by atoms with Crippen molar-refractivity contribution in [3.63, 3.8) is 0 Å². The molecule has 0 bridgehead atoms. The normalized spacial score (nSPS) is 9.31. The number of ether oxygens (including phenoxy) is 1. The number of rotatable bonds is 4. The highest BCUT2D eigenvalue weighted by molar-refractivity contribution is 5.73. The maximum atomic E-state index is 10.3. The fourth-order valence-electron chi connectivity index (χ4n) is 0.916. The van der Waals surface area contributed by atoms with E-state index in [1.165, 1.54) is 0 Å². The molecule has 0 heterocycles. The number of hydrogen-bond donors (Lipinski definition) is 1. The van der Waals surface area contributed by atoms with Crippen molar-refractivity contribution in [2.75, 3.05) is 18.5 Å². The van der Waals surface area contributed by atoms with Gasteiger partial charge in [0.2, 0.25) is 0 Å². The summed E-state index contributed by atoms with van der Waals surface area (Å²) in [5.74, 6) is -0.491. The van der Waals surface area contributed by atoms with Crippen LogP contribution in [0.5, 0.6) is 0 Å². The van der Waals surface area contributed by atoms with Gasteiger partial charge >= 0.3 is 5.97 Å². The molecule has 69 valence electrons. The first-order chi connectivity index (χ1) is 6.29. The summed E-state index contributed by atoms with van der Waals surface area (Å²) in [7, 11) is 0. The summed E-state index contributed by atoms with van der Waals surface area (Å²) in [4.78, 5) is 10.3. The molecule has 0 fully saturated rings. The Kier molecular flexibility index (Phi) is 3.82. The molecule has 3 heteroatoms. The highest BCUT2D eigenvalue weighted by Gasteiger charge is 1.92. The van der Waals surface area contributed by atoms with Crippen LogP contribution in [0.25, 0.3) is 0 Å². The van der Waals surface area contributed by atoms with Gasteiger partial charge in [-0.25, -0.2) is 0 Å². The van der Waals surface area contributed by atoms with Crippen LogP contribution in [0.1, 0.15) is 0 Å². The summed E-state index contributed by atoms with van der Waals surface area (Å²) in [6, 6.07) is 9.73. The molecule has 1 N–H and O–H groups in total. The molecule has 1 aromatic carbocycles. The number of para-hydroxylation sites is 1. The minimum Gasteiger partial charge on any atom is -0.464 e. The van der Waals surface area contributed by atoms with Crippen molar-refractivity contribution in [3.8, 4) is 0 Å². The lowest BCUT2D eigenvalue weighted by Crippen LogP contribution is -2.11. The highest BCUT2D eigenvalue weighted by atomic mass is 16.5. The third-order valence-electron chi connectivity index (χ3n) is 1.47. The zero-order valence-corrected chi connectivity index (χ0v) is 7.32. The van der Waals surface area contributed by atoms with Gasteiger partial charge in [-0.2, -0.15) is 0 Å². The van der Waals surface area contributed by atoms with E-state index < -0.39 is 5.97 Å². The zero-order chi connectivity index (χ0) is 9.52. The van der Waals surface area contributed by atoms with Crippen LogP contribution in [0.15, 0.2) is 30.3 Å². The van der Waals surface area contributed by atoms with Crippen LogP contribution < -0.4 is 5.32 Å². The van der Waals surface area contributed by atoms with Crippen LogP contribution in [0.3, 0.4) is 0 Å². The average molecular weight is 178 g/mol. The van der Waals surface area contributed by atoms with Crippen molar-refractivity contribution >= 4 is 11.7 Å². The molecule has 0 aliphatic heterocycles. The first kappa shape index (κ1) is 9.58. The van der Waals surface area contributed by atoms with Gasteiger partial charge in [-0.05, 0) is 12.1 Å². The Labute approximate surface area is 77.7 Å². The van der Waals surface area contributed by atoms with E-state index in [0.717, 1.165) is 5.69 Å². The lowest BCUT2D eigenvalue weighted by molar-refractivity contribution is -0.137. The van der Waals surface area contributed by atoms with E-state index in [-0.39, 0.29) is 0 Å². The number of nitrogens with one attached hydrogen (secondary N) is 1. The summed E-state index contributed by atoms with van der Waals surface area (Å²) in [6.45, 7) is 4.04. The van der Waals surface area contributed by atoms with Gasteiger partial charge in [0.15, 0.2) is 0 Å². The summed E-state index contributed by atoms with van der Waals surface area (Å²) < 4.78 is 4.65. The maximum Gasteiger partial charge on any atom is 0.306 e. The van der Waals surface area contributed by atoms with Gasteiger partial charge in [0.25, 0.3) is 0 Å². The molecule has 0 aliphatic carbocycles. The molecule has 1 aromatic rings. The molecule has 0 spiro atoms. The quantitative estimate of drug-likeness (QED) is 0.560. The number of hydrogen-bond acceptors (Lipinski definition) is 3. The number of anilines is 1. The number of carbonyl (C=O) groups is 1. The molecule has 3 nitrogen and oxygen atoms in total. The van der Waals surface area contributed by atoms with Crippen molar-refractivity contribution in [1.29, 1.82) is 0 Å². The summed E-state index contributed by atoms with van der Waals surface area (Å²) in [5.41, 5.74) is 1.02. The van der Waals surface area contributed by atoms with Crippen LogP contribution in [-0.4, -0.2) is 19.1 Å². The second kappa shape index (κ2) is 5.19. The van der Waals surface area contributed by atoms with Crippen LogP contribution in [0.4, 0.5) is 5.69 Å². The Bertz CT molecular complexity index is 259. The molecule has 0 amide bonds. The smallest absolute Gasteiger partial charge is 0.306 e. The summed E-state index contributed by atoms with van der Waals surface area (Å²) in [6.07, 6.45) is 0. The molecule has 0 aromatic heterocycles. The van der Waals surface area contributed by atoms with Gasteiger partial charge < -0.3 is 10.1 Å². The monoisotopic (exact) mass is 178 g/mol.